The van der Waals surface area contributed by atoms with Gasteiger partial charge in [0.15, 0.2) is 35.0 Å². The normalized spacial score (nSPS) is 12.5. The van der Waals surface area contributed by atoms with Crippen LogP contribution in [0.4, 0.5) is 17.6 Å². The second-order valence-electron chi connectivity index (χ2n) is 4.59. The number of halogens is 5. The summed E-state index contributed by atoms with van der Waals surface area (Å²) in [6.07, 6.45) is 0.862. The number of alkyl halides is 1. The van der Waals surface area contributed by atoms with Gasteiger partial charge in [-0.1, -0.05) is 0 Å². The summed E-state index contributed by atoms with van der Waals surface area (Å²) in [6.45, 7) is 2.34. The highest BCUT2D eigenvalue weighted by molar-refractivity contribution is 6.19. The summed E-state index contributed by atoms with van der Waals surface area (Å²) in [5.41, 5.74) is -1.82. The van der Waals surface area contributed by atoms with Crippen LogP contribution >= 0.6 is 11.6 Å². The minimum atomic E-state index is -2.14. The van der Waals surface area contributed by atoms with Gasteiger partial charge in [0.05, 0.1) is 18.7 Å². The molecule has 0 saturated carbocycles. The van der Waals surface area contributed by atoms with Crippen LogP contribution in [0.25, 0.3) is 0 Å². The van der Waals surface area contributed by atoms with Crippen molar-refractivity contribution in [1.29, 1.82) is 0 Å². The molecule has 1 aromatic carbocycles. The van der Waals surface area contributed by atoms with E-state index in [1.54, 1.807) is 0 Å². The molecule has 0 aromatic heterocycles. The standard InChI is InChI=1S/C15H14ClF4NO3/c1-3-24-15(23)8(6-21-5-4-16)14(22)9-7(2)10(17)12(19)13(20)11(9)18/h6,8H,3-5H2,1-2H3. The van der Waals surface area contributed by atoms with E-state index in [0.29, 0.717) is 0 Å². The van der Waals surface area contributed by atoms with Crippen LogP contribution in [0.1, 0.15) is 22.8 Å². The monoisotopic (exact) mass is 367 g/mol. The number of nitrogens with zero attached hydrogens (tertiary/aromatic N) is 1. The van der Waals surface area contributed by atoms with E-state index in [1.807, 2.05) is 0 Å². The van der Waals surface area contributed by atoms with Crippen molar-refractivity contribution in [2.75, 3.05) is 19.0 Å². The zero-order valence-corrected chi connectivity index (χ0v) is 13.6. The average Bonchev–Trinajstić information content (AvgIpc) is 2.55. The van der Waals surface area contributed by atoms with Gasteiger partial charge in [0.2, 0.25) is 0 Å². The molecule has 0 radical (unpaired) electrons. The molecule has 0 aliphatic heterocycles. The molecule has 0 aliphatic carbocycles. The molecule has 4 nitrogen and oxygen atoms in total. The van der Waals surface area contributed by atoms with Crippen LogP contribution in [-0.2, 0) is 9.53 Å². The van der Waals surface area contributed by atoms with Gasteiger partial charge in [0.1, 0.15) is 0 Å². The molecule has 1 aromatic rings. The predicted octanol–water partition coefficient (Wildman–Crippen LogP) is 3.22. The number of carbonyl (C=O) groups is 2. The van der Waals surface area contributed by atoms with Gasteiger partial charge in [-0.25, -0.2) is 17.6 Å². The topological polar surface area (TPSA) is 55.7 Å². The highest BCUT2D eigenvalue weighted by Gasteiger charge is 2.34. The fraction of sp³-hybridized carbons (Fsp3) is 0.400. The fourth-order valence-electron chi connectivity index (χ4n) is 1.89. The SMILES string of the molecule is CCOC(=O)C(C=NCCCl)C(=O)c1c(C)c(F)c(F)c(F)c1F. The molecule has 0 aliphatic rings. The lowest BCUT2D eigenvalue weighted by Crippen LogP contribution is -2.30. The second-order valence-corrected chi connectivity index (χ2v) is 4.97. The lowest BCUT2D eigenvalue weighted by Gasteiger charge is -2.14. The molecular weight excluding hydrogens is 354 g/mol. The van der Waals surface area contributed by atoms with Crippen molar-refractivity contribution in [1.82, 2.24) is 0 Å². The summed E-state index contributed by atoms with van der Waals surface area (Å²) in [7, 11) is 0. The number of ketones is 1. The van der Waals surface area contributed by atoms with E-state index in [0.717, 1.165) is 13.1 Å². The Morgan fingerprint density at radius 3 is 2.29 bits per heavy atom. The maximum Gasteiger partial charge on any atom is 0.322 e. The number of ether oxygens (including phenoxy) is 1. The Morgan fingerprint density at radius 2 is 1.75 bits per heavy atom. The first-order valence-electron chi connectivity index (χ1n) is 6.87. The number of aliphatic imine (C=N–C) groups is 1. The number of hydrogen-bond donors (Lipinski definition) is 0. The largest absolute Gasteiger partial charge is 0.465 e. The molecule has 1 unspecified atom stereocenters. The van der Waals surface area contributed by atoms with Gasteiger partial charge >= 0.3 is 5.97 Å². The van der Waals surface area contributed by atoms with Gasteiger partial charge in [-0.05, 0) is 13.8 Å². The van der Waals surface area contributed by atoms with Crippen molar-refractivity contribution < 1.29 is 31.9 Å². The van der Waals surface area contributed by atoms with E-state index in [-0.39, 0.29) is 19.0 Å². The number of rotatable bonds is 7. The number of hydrogen-bond acceptors (Lipinski definition) is 4. The minimum Gasteiger partial charge on any atom is -0.465 e. The zero-order valence-electron chi connectivity index (χ0n) is 12.8. The Hall–Kier alpha value is -1.96. The molecular formula is C15H14ClF4NO3. The van der Waals surface area contributed by atoms with Crippen molar-refractivity contribution in [2.45, 2.75) is 13.8 Å². The van der Waals surface area contributed by atoms with Gasteiger partial charge in [0, 0.05) is 17.7 Å². The molecule has 0 heterocycles. The molecule has 0 amide bonds. The summed E-state index contributed by atoms with van der Waals surface area (Å²) >= 11 is 5.42. The van der Waals surface area contributed by atoms with E-state index in [2.05, 4.69) is 9.73 Å². The van der Waals surface area contributed by atoms with Crippen molar-refractivity contribution in [2.24, 2.45) is 10.9 Å². The predicted molar refractivity (Wildman–Crippen MR) is 79.5 cm³/mol. The number of carbonyl (C=O) groups excluding carboxylic acids is 2. The number of Topliss-reactive ketones (excluding diaryl/α,β-unsaturated/α-hetero) is 1. The zero-order chi connectivity index (χ0) is 18.4. The Balaban J connectivity index is 3.41. The second kappa shape index (κ2) is 8.77. The molecule has 0 bridgehead atoms. The maximum absolute atomic E-state index is 13.9. The first-order valence-corrected chi connectivity index (χ1v) is 7.40. The van der Waals surface area contributed by atoms with E-state index in [1.165, 1.54) is 6.92 Å². The Bertz CT molecular complexity index is 650. The summed E-state index contributed by atoms with van der Waals surface area (Å²) in [5, 5.41) is 0. The van der Waals surface area contributed by atoms with Crippen LogP contribution in [0.3, 0.4) is 0 Å². The minimum absolute atomic E-state index is 0.0539. The summed E-state index contributed by atoms with van der Waals surface area (Å²) in [5.74, 6) is -11.8. The molecule has 0 saturated heterocycles. The molecule has 0 N–H and O–H groups in total. The lowest BCUT2D eigenvalue weighted by molar-refractivity contribution is -0.143. The van der Waals surface area contributed by atoms with Gasteiger partial charge in [-0.3, -0.25) is 14.6 Å². The van der Waals surface area contributed by atoms with Crippen LogP contribution in [-0.4, -0.2) is 37.0 Å². The third kappa shape index (κ3) is 4.11. The Kier molecular flexibility index (Phi) is 7.34. The van der Waals surface area contributed by atoms with Crippen LogP contribution in [0.2, 0.25) is 0 Å². The van der Waals surface area contributed by atoms with Gasteiger partial charge in [0.25, 0.3) is 0 Å². The van der Waals surface area contributed by atoms with E-state index in [4.69, 9.17) is 11.6 Å². The summed E-state index contributed by atoms with van der Waals surface area (Å²) in [6, 6.07) is 0. The van der Waals surface area contributed by atoms with Gasteiger partial charge in [-0.15, -0.1) is 11.6 Å². The molecule has 1 atom stereocenters. The van der Waals surface area contributed by atoms with Crippen molar-refractivity contribution in [3.63, 3.8) is 0 Å². The van der Waals surface area contributed by atoms with Crippen LogP contribution in [0, 0.1) is 36.1 Å². The Labute approximate surface area is 140 Å². The van der Waals surface area contributed by atoms with E-state index < -0.39 is 52.1 Å². The molecule has 0 fully saturated rings. The molecule has 132 valence electrons. The smallest absolute Gasteiger partial charge is 0.322 e. The van der Waals surface area contributed by atoms with Crippen molar-refractivity contribution >= 4 is 29.6 Å². The number of esters is 1. The van der Waals surface area contributed by atoms with Gasteiger partial charge < -0.3 is 4.74 Å². The molecule has 1 rings (SSSR count). The van der Waals surface area contributed by atoms with Crippen molar-refractivity contribution in [3.05, 3.63) is 34.4 Å². The highest BCUT2D eigenvalue weighted by Crippen LogP contribution is 2.26. The third-order valence-corrected chi connectivity index (χ3v) is 3.21. The van der Waals surface area contributed by atoms with Crippen LogP contribution < -0.4 is 0 Å². The summed E-state index contributed by atoms with van der Waals surface area (Å²) < 4.78 is 58.8. The highest BCUT2D eigenvalue weighted by atomic mass is 35.5. The molecule has 0 spiro atoms. The van der Waals surface area contributed by atoms with E-state index in [9.17, 15) is 27.2 Å². The lowest BCUT2D eigenvalue weighted by atomic mass is 9.94. The maximum atomic E-state index is 13.9. The number of benzene rings is 1. The summed E-state index contributed by atoms with van der Waals surface area (Å²) in [4.78, 5) is 28.0. The first kappa shape index (κ1) is 20.1. The molecule has 9 heteroatoms. The average molecular weight is 368 g/mol. The molecule has 24 heavy (non-hydrogen) atoms. The van der Waals surface area contributed by atoms with Crippen LogP contribution in [0.15, 0.2) is 4.99 Å². The van der Waals surface area contributed by atoms with Gasteiger partial charge in [-0.2, -0.15) is 0 Å². The quantitative estimate of drug-likeness (QED) is 0.109. The fourth-order valence-corrected chi connectivity index (χ4v) is 1.98. The third-order valence-electron chi connectivity index (χ3n) is 3.04. The first-order chi connectivity index (χ1) is 11.3. The Morgan fingerprint density at radius 1 is 1.17 bits per heavy atom. The van der Waals surface area contributed by atoms with Crippen molar-refractivity contribution in [3.8, 4) is 0 Å². The van der Waals surface area contributed by atoms with E-state index >= 15 is 0 Å². The van der Waals surface area contributed by atoms with Crippen LogP contribution in [0.5, 0.6) is 0 Å².